The van der Waals surface area contributed by atoms with Crippen LogP contribution in [0.3, 0.4) is 0 Å². The number of hydrogen-bond donors (Lipinski definition) is 1. The van der Waals surface area contributed by atoms with Crippen LogP contribution in [0.4, 0.5) is 0 Å². The molecule has 0 saturated carbocycles. The van der Waals surface area contributed by atoms with Gasteiger partial charge in [0.2, 0.25) is 0 Å². The predicted octanol–water partition coefficient (Wildman–Crippen LogP) is 2.78. The van der Waals surface area contributed by atoms with Crippen LogP contribution in [-0.2, 0) is 9.53 Å². The number of carbonyl (C=O) groups is 1. The summed E-state index contributed by atoms with van der Waals surface area (Å²) in [5.41, 5.74) is 1.20. The van der Waals surface area contributed by atoms with E-state index in [0.717, 1.165) is 30.9 Å². The largest absolute Gasteiger partial charge is 0.481 e. The van der Waals surface area contributed by atoms with Crippen LogP contribution in [-0.4, -0.2) is 46.8 Å². The Morgan fingerprint density at radius 2 is 2.14 bits per heavy atom. The number of aromatic nitrogens is 1. The van der Waals surface area contributed by atoms with E-state index in [2.05, 4.69) is 30.7 Å². The molecule has 118 valence electrons. The summed E-state index contributed by atoms with van der Waals surface area (Å²) < 4.78 is 5.63. The Kier molecular flexibility index (Phi) is 5.72. The highest BCUT2D eigenvalue weighted by Gasteiger charge is 2.26. The molecule has 1 atom stereocenters. The van der Waals surface area contributed by atoms with Gasteiger partial charge in [0.1, 0.15) is 0 Å². The summed E-state index contributed by atoms with van der Waals surface area (Å²) in [4.78, 5) is 18.9. The van der Waals surface area contributed by atoms with Crippen molar-refractivity contribution in [3.05, 3.63) is 15.6 Å². The maximum atomic E-state index is 10.5. The van der Waals surface area contributed by atoms with E-state index in [9.17, 15) is 4.79 Å². The Morgan fingerprint density at radius 3 is 2.67 bits per heavy atom. The zero-order valence-corrected chi connectivity index (χ0v) is 13.8. The van der Waals surface area contributed by atoms with Crippen molar-refractivity contribution in [1.29, 1.82) is 0 Å². The van der Waals surface area contributed by atoms with E-state index in [-0.39, 0.29) is 12.5 Å². The summed E-state index contributed by atoms with van der Waals surface area (Å²) in [6, 6.07) is 0.343. The first-order valence-corrected chi connectivity index (χ1v) is 8.30. The van der Waals surface area contributed by atoms with Crippen LogP contribution in [0.2, 0.25) is 0 Å². The predicted molar refractivity (Wildman–Crippen MR) is 82.8 cm³/mol. The number of aryl methyl sites for hydroxylation is 2. The highest BCUT2D eigenvalue weighted by Crippen LogP contribution is 2.29. The highest BCUT2D eigenvalue weighted by atomic mass is 32.1. The molecule has 1 saturated heterocycles. The number of hydrogen-bond acceptors (Lipinski definition) is 5. The number of nitrogens with zero attached hydrogens (tertiary/aromatic N) is 2. The lowest BCUT2D eigenvalue weighted by Gasteiger charge is -2.35. The zero-order chi connectivity index (χ0) is 15.4. The summed E-state index contributed by atoms with van der Waals surface area (Å²) in [6.07, 6.45) is 2.22. The molecule has 1 N–H and O–H groups in total. The van der Waals surface area contributed by atoms with E-state index >= 15 is 0 Å². The van der Waals surface area contributed by atoms with Crippen LogP contribution >= 0.6 is 11.3 Å². The molecule has 1 unspecified atom stereocenters. The SMILES string of the molecule is Cc1nc(C(C)N2CCC(OCCC(=O)O)CC2)c(C)s1. The third-order valence-corrected chi connectivity index (χ3v) is 4.93. The molecule has 0 aromatic carbocycles. The summed E-state index contributed by atoms with van der Waals surface area (Å²) in [5, 5.41) is 9.74. The van der Waals surface area contributed by atoms with Gasteiger partial charge in [0.05, 0.1) is 35.9 Å². The number of likely N-dealkylation sites (tertiary alicyclic amines) is 1. The lowest BCUT2D eigenvalue weighted by molar-refractivity contribution is -0.138. The second-order valence-electron chi connectivity index (χ2n) is 5.60. The molecule has 6 heteroatoms. The molecule has 2 heterocycles. The van der Waals surface area contributed by atoms with Gasteiger partial charge < -0.3 is 9.84 Å². The number of aliphatic carboxylic acids is 1. The van der Waals surface area contributed by atoms with Crippen LogP contribution in [0, 0.1) is 13.8 Å². The van der Waals surface area contributed by atoms with E-state index in [1.165, 1.54) is 10.6 Å². The molecule has 1 fully saturated rings. The first-order valence-electron chi connectivity index (χ1n) is 7.48. The van der Waals surface area contributed by atoms with Gasteiger partial charge in [-0.1, -0.05) is 0 Å². The molecule has 21 heavy (non-hydrogen) atoms. The van der Waals surface area contributed by atoms with Crippen molar-refractivity contribution >= 4 is 17.3 Å². The molecule has 1 aromatic rings. The lowest BCUT2D eigenvalue weighted by Crippen LogP contribution is -2.39. The van der Waals surface area contributed by atoms with E-state index in [1.807, 2.05) is 0 Å². The minimum absolute atomic E-state index is 0.0912. The number of ether oxygens (including phenoxy) is 1. The second kappa shape index (κ2) is 7.33. The van der Waals surface area contributed by atoms with Gasteiger partial charge in [0.25, 0.3) is 0 Å². The van der Waals surface area contributed by atoms with Crippen LogP contribution in [0.1, 0.15) is 47.8 Å². The smallest absolute Gasteiger partial charge is 0.305 e. The molecule has 0 amide bonds. The van der Waals surface area contributed by atoms with Gasteiger partial charge in [-0.2, -0.15) is 0 Å². The van der Waals surface area contributed by atoms with E-state index in [0.29, 0.717) is 12.6 Å². The van der Waals surface area contributed by atoms with Crippen molar-refractivity contribution in [1.82, 2.24) is 9.88 Å². The number of piperidine rings is 1. The maximum Gasteiger partial charge on any atom is 0.305 e. The van der Waals surface area contributed by atoms with Crippen molar-refractivity contribution in [2.24, 2.45) is 0 Å². The van der Waals surface area contributed by atoms with E-state index in [1.54, 1.807) is 11.3 Å². The maximum absolute atomic E-state index is 10.5. The van der Waals surface area contributed by atoms with Gasteiger partial charge in [0.15, 0.2) is 0 Å². The summed E-state index contributed by atoms with van der Waals surface area (Å²) in [5.74, 6) is -0.796. The number of rotatable bonds is 6. The van der Waals surface area contributed by atoms with E-state index in [4.69, 9.17) is 9.84 Å². The third-order valence-electron chi connectivity index (χ3n) is 4.03. The molecule has 0 aliphatic carbocycles. The highest BCUT2D eigenvalue weighted by molar-refractivity contribution is 7.11. The van der Waals surface area contributed by atoms with Crippen molar-refractivity contribution < 1.29 is 14.6 Å². The van der Waals surface area contributed by atoms with Crippen molar-refractivity contribution in [3.8, 4) is 0 Å². The number of carboxylic acid groups (broad SMARTS) is 1. The first-order chi connectivity index (χ1) is 9.97. The molecular formula is C15H24N2O3S. The molecule has 0 radical (unpaired) electrons. The normalized spacial score (nSPS) is 18.8. The Hall–Kier alpha value is -0.980. The number of carboxylic acids is 1. The minimum Gasteiger partial charge on any atom is -0.481 e. The summed E-state index contributed by atoms with van der Waals surface area (Å²) in [6.45, 7) is 8.69. The van der Waals surface area contributed by atoms with Gasteiger partial charge in [-0.15, -0.1) is 11.3 Å². The zero-order valence-electron chi connectivity index (χ0n) is 13.0. The Balaban J connectivity index is 1.80. The topological polar surface area (TPSA) is 62.7 Å². The summed E-state index contributed by atoms with van der Waals surface area (Å²) in [7, 11) is 0. The van der Waals surface area contributed by atoms with Gasteiger partial charge in [0, 0.05) is 18.0 Å². The monoisotopic (exact) mass is 312 g/mol. The Labute approximate surface area is 129 Å². The van der Waals surface area contributed by atoms with Gasteiger partial charge >= 0.3 is 5.97 Å². The summed E-state index contributed by atoms with van der Waals surface area (Å²) >= 11 is 1.76. The molecule has 1 aliphatic rings. The van der Waals surface area contributed by atoms with Gasteiger partial charge in [-0.05, 0) is 33.6 Å². The van der Waals surface area contributed by atoms with E-state index < -0.39 is 5.97 Å². The number of thiazole rings is 1. The fourth-order valence-electron chi connectivity index (χ4n) is 2.85. The Bertz CT molecular complexity index is 481. The Morgan fingerprint density at radius 1 is 1.48 bits per heavy atom. The van der Waals surface area contributed by atoms with Crippen LogP contribution in [0.15, 0.2) is 0 Å². The minimum atomic E-state index is -0.796. The third kappa shape index (κ3) is 4.49. The van der Waals surface area contributed by atoms with Crippen molar-refractivity contribution in [2.45, 2.75) is 52.2 Å². The average molecular weight is 312 g/mol. The van der Waals surface area contributed by atoms with Gasteiger partial charge in [-0.3, -0.25) is 9.69 Å². The van der Waals surface area contributed by atoms with Crippen molar-refractivity contribution in [3.63, 3.8) is 0 Å². The average Bonchev–Trinajstić information content (AvgIpc) is 2.77. The van der Waals surface area contributed by atoms with Crippen LogP contribution in [0.25, 0.3) is 0 Å². The van der Waals surface area contributed by atoms with Crippen molar-refractivity contribution in [2.75, 3.05) is 19.7 Å². The molecule has 5 nitrogen and oxygen atoms in total. The quantitative estimate of drug-likeness (QED) is 0.875. The first kappa shape index (κ1) is 16.4. The molecule has 1 aliphatic heterocycles. The fraction of sp³-hybridized carbons (Fsp3) is 0.733. The lowest BCUT2D eigenvalue weighted by atomic mass is 10.0. The molecular weight excluding hydrogens is 288 g/mol. The fourth-order valence-corrected chi connectivity index (χ4v) is 3.76. The molecule has 2 rings (SSSR count). The van der Waals surface area contributed by atoms with Gasteiger partial charge in [-0.25, -0.2) is 4.98 Å². The van der Waals surface area contributed by atoms with Crippen LogP contribution in [0.5, 0.6) is 0 Å². The molecule has 0 bridgehead atoms. The standard InChI is InChI=1S/C15H24N2O3S/c1-10(15-11(2)21-12(3)16-15)17-7-4-13(5-8-17)20-9-6-14(18)19/h10,13H,4-9H2,1-3H3,(H,18,19). The molecule has 1 aromatic heterocycles. The van der Waals surface area contributed by atoms with Crippen LogP contribution < -0.4 is 0 Å². The second-order valence-corrected chi connectivity index (χ2v) is 7.01. The molecule has 0 spiro atoms.